The van der Waals surface area contributed by atoms with Crippen LogP contribution >= 0.6 is 0 Å². The van der Waals surface area contributed by atoms with Crippen LogP contribution < -0.4 is 0 Å². The van der Waals surface area contributed by atoms with Gasteiger partial charge in [0, 0.05) is 0 Å². The molecule has 1 aliphatic carbocycles. The molecule has 1 aliphatic rings. The SMILES string of the molecule is CCC1CCC(C#N)(C(O)CC)CC1. The highest BCUT2D eigenvalue weighted by Crippen LogP contribution is 2.42. The maximum Gasteiger partial charge on any atom is 0.0832 e. The Morgan fingerprint density at radius 2 is 2.00 bits per heavy atom. The second-order valence-electron chi connectivity index (χ2n) is 4.54. The van der Waals surface area contributed by atoms with Crippen LogP contribution in [0.2, 0.25) is 0 Å². The number of rotatable bonds is 3. The molecular weight excluding hydrogens is 174 g/mol. The molecule has 1 N–H and O–H groups in total. The lowest BCUT2D eigenvalue weighted by Crippen LogP contribution is -2.37. The van der Waals surface area contributed by atoms with Gasteiger partial charge in [-0.3, -0.25) is 0 Å². The van der Waals surface area contributed by atoms with Gasteiger partial charge in [-0.25, -0.2) is 0 Å². The first-order valence-corrected chi connectivity index (χ1v) is 5.77. The second-order valence-corrected chi connectivity index (χ2v) is 4.54. The Morgan fingerprint density at radius 1 is 1.43 bits per heavy atom. The first kappa shape index (κ1) is 11.5. The molecule has 1 rings (SSSR count). The number of aliphatic hydroxyl groups is 1. The Morgan fingerprint density at radius 3 is 2.36 bits per heavy atom. The third kappa shape index (κ3) is 2.09. The van der Waals surface area contributed by atoms with Gasteiger partial charge in [0.25, 0.3) is 0 Å². The van der Waals surface area contributed by atoms with Crippen LogP contribution in [0.4, 0.5) is 0 Å². The standard InChI is InChI=1S/C12H21NO/c1-3-10-5-7-12(9-13,8-6-10)11(14)4-2/h10-11,14H,3-8H2,1-2H3. The van der Waals surface area contributed by atoms with Crippen molar-refractivity contribution in [1.82, 2.24) is 0 Å². The lowest BCUT2D eigenvalue weighted by molar-refractivity contribution is 0.0232. The van der Waals surface area contributed by atoms with E-state index in [-0.39, 0.29) is 0 Å². The van der Waals surface area contributed by atoms with Gasteiger partial charge in [0.05, 0.1) is 17.6 Å². The van der Waals surface area contributed by atoms with Gasteiger partial charge in [-0.15, -0.1) is 0 Å². The monoisotopic (exact) mass is 195 g/mol. The lowest BCUT2D eigenvalue weighted by atomic mass is 9.67. The Balaban J connectivity index is 2.62. The third-order valence-electron chi connectivity index (χ3n) is 3.82. The summed E-state index contributed by atoms with van der Waals surface area (Å²) < 4.78 is 0. The van der Waals surface area contributed by atoms with Crippen molar-refractivity contribution in [3.63, 3.8) is 0 Å². The minimum atomic E-state index is -0.430. The number of hydrogen-bond acceptors (Lipinski definition) is 2. The van der Waals surface area contributed by atoms with E-state index in [1.807, 2.05) is 6.92 Å². The van der Waals surface area contributed by atoms with Crippen LogP contribution in [0, 0.1) is 22.7 Å². The molecule has 0 aromatic rings. The summed E-state index contributed by atoms with van der Waals surface area (Å²) in [6.45, 7) is 4.16. The van der Waals surface area contributed by atoms with Gasteiger partial charge in [-0.05, 0) is 38.0 Å². The van der Waals surface area contributed by atoms with Crippen LogP contribution in [0.3, 0.4) is 0 Å². The quantitative estimate of drug-likeness (QED) is 0.752. The van der Waals surface area contributed by atoms with Gasteiger partial charge in [-0.2, -0.15) is 5.26 Å². The summed E-state index contributed by atoms with van der Waals surface area (Å²) in [6, 6.07) is 2.36. The van der Waals surface area contributed by atoms with Gasteiger partial charge < -0.3 is 5.11 Å². The molecule has 1 unspecified atom stereocenters. The first-order valence-electron chi connectivity index (χ1n) is 5.77. The fourth-order valence-corrected chi connectivity index (χ4v) is 2.51. The van der Waals surface area contributed by atoms with Crippen molar-refractivity contribution in [2.45, 2.75) is 58.5 Å². The van der Waals surface area contributed by atoms with Crippen molar-refractivity contribution in [1.29, 1.82) is 5.26 Å². The lowest BCUT2D eigenvalue weighted by Gasteiger charge is -2.37. The minimum absolute atomic E-state index is 0.426. The van der Waals surface area contributed by atoms with Crippen molar-refractivity contribution in [2.75, 3.05) is 0 Å². The van der Waals surface area contributed by atoms with Gasteiger partial charge in [0.1, 0.15) is 0 Å². The van der Waals surface area contributed by atoms with E-state index in [1.165, 1.54) is 6.42 Å². The van der Waals surface area contributed by atoms with Crippen LogP contribution in [0.5, 0.6) is 0 Å². The van der Waals surface area contributed by atoms with E-state index in [1.54, 1.807) is 0 Å². The molecule has 0 saturated heterocycles. The Labute approximate surface area is 86.9 Å². The highest BCUT2D eigenvalue weighted by molar-refractivity contribution is 5.05. The molecule has 0 heterocycles. The zero-order chi connectivity index (χ0) is 10.6. The molecular formula is C12H21NO. The number of aliphatic hydroxyl groups excluding tert-OH is 1. The van der Waals surface area contributed by atoms with E-state index in [9.17, 15) is 10.4 Å². The fraction of sp³-hybridized carbons (Fsp3) is 0.917. The highest BCUT2D eigenvalue weighted by Gasteiger charge is 2.40. The van der Waals surface area contributed by atoms with E-state index >= 15 is 0 Å². The van der Waals surface area contributed by atoms with Crippen molar-refractivity contribution >= 4 is 0 Å². The normalized spacial score (nSPS) is 34.9. The number of nitriles is 1. The molecule has 2 nitrogen and oxygen atoms in total. The predicted octanol–water partition coefficient (Wildman–Crippen LogP) is 2.87. The molecule has 2 heteroatoms. The van der Waals surface area contributed by atoms with Crippen LogP contribution in [-0.4, -0.2) is 11.2 Å². The summed E-state index contributed by atoms with van der Waals surface area (Å²) in [5.74, 6) is 0.778. The Kier molecular flexibility index (Phi) is 3.95. The smallest absolute Gasteiger partial charge is 0.0832 e. The maximum absolute atomic E-state index is 9.87. The molecule has 80 valence electrons. The van der Waals surface area contributed by atoms with Gasteiger partial charge in [0.2, 0.25) is 0 Å². The summed E-state index contributed by atoms with van der Waals surface area (Å²) in [5, 5.41) is 19.1. The van der Waals surface area contributed by atoms with E-state index in [4.69, 9.17) is 0 Å². The van der Waals surface area contributed by atoms with Crippen LogP contribution in [0.15, 0.2) is 0 Å². The summed E-state index contributed by atoms with van der Waals surface area (Å²) in [7, 11) is 0. The van der Waals surface area contributed by atoms with Crippen LogP contribution in [0.1, 0.15) is 52.4 Å². The van der Waals surface area contributed by atoms with Gasteiger partial charge in [-0.1, -0.05) is 20.3 Å². The number of hydrogen-bond donors (Lipinski definition) is 1. The van der Waals surface area contributed by atoms with E-state index in [0.717, 1.165) is 31.6 Å². The molecule has 0 radical (unpaired) electrons. The van der Waals surface area contributed by atoms with Gasteiger partial charge in [0.15, 0.2) is 0 Å². The predicted molar refractivity (Wildman–Crippen MR) is 56.6 cm³/mol. The van der Waals surface area contributed by atoms with Crippen LogP contribution in [0.25, 0.3) is 0 Å². The van der Waals surface area contributed by atoms with Crippen LogP contribution in [-0.2, 0) is 0 Å². The zero-order valence-corrected chi connectivity index (χ0v) is 9.29. The molecule has 1 saturated carbocycles. The fourth-order valence-electron chi connectivity index (χ4n) is 2.51. The minimum Gasteiger partial charge on any atom is -0.391 e. The molecule has 0 aromatic heterocycles. The van der Waals surface area contributed by atoms with E-state index < -0.39 is 11.5 Å². The second kappa shape index (κ2) is 4.79. The number of nitrogens with zero attached hydrogens (tertiary/aromatic N) is 1. The average Bonchev–Trinajstić information content (AvgIpc) is 2.28. The molecule has 0 amide bonds. The average molecular weight is 195 g/mol. The Bertz CT molecular complexity index is 211. The summed E-state index contributed by atoms with van der Waals surface area (Å²) in [4.78, 5) is 0. The molecule has 0 aliphatic heterocycles. The summed E-state index contributed by atoms with van der Waals surface area (Å²) in [5.41, 5.74) is -0.430. The molecule has 14 heavy (non-hydrogen) atoms. The summed E-state index contributed by atoms with van der Waals surface area (Å²) in [6.07, 6.45) is 5.48. The molecule has 0 bridgehead atoms. The Hall–Kier alpha value is -0.550. The topological polar surface area (TPSA) is 44.0 Å². The molecule has 0 spiro atoms. The molecule has 0 aromatic carbocycles. The maximum atomic E-state index is 9.87. The first-order chi connectivity index (χ1) is 6.68. The van der Waals surface area contributed by atoms with Crippen molar-refractivity contribution in [3.8, 4) is 6.07 Å². The van der Waals surface area contributed by atoms with Crippen molar-refractivity contribution in [3.05, 3.63) is 0 Å². The van der Waals surface area contributed by atoms with Crippen molar-refractivity contribution in [2.24, 2.45) is 11.3 Å². The van der Waals surface area contributed by atoms with Gasteiger partial charge >= 0.3 is 0 Å². The van der Waals surface area contributed by atoms with Crippen molar-refractivity contribution < 1.29 is 5.11 Å². The largest absolute Gasteiger partial charge is 0.391 e. The van der Waals surface area contributed by atoms with E-state index in [2.05, 4.69) is 13.0 Å². The van der Waals surface area contributed by atoms with E-state index in [0.29, 0.717) is 6.42 Å². The molecule has 1 atom stereocenters. The third-order valence-corrected chi connectivity index (χ3v) is 3.82. The molecule has 1 fully saturated rings. The summed E-state index contributed by atoms with van der Waals surface area (Å²) >= 11 is 0. The zero-order valence-electron chi connectivity index (χ0n) is 9.29. The highest BCUT2D eigenvalue weighted by atomic mass is 16.3.